The number of aryl methyl sites for hydroxylation is 1. The topological polar surface area (TPSA) is 102 Å². The fourth-order valence-electron chi connectivity index (χ4n) is 2.19. The zero-order chi connectivity index (χ0) is 20.2. The van der Waals surface area contributed by atoms with Gasteiger partial charge in [0, 0.05) is 9.90 Å². The molecule has 1 amide bonds. The summed E-state index contributed by atoms with van der Waals surface area (Å²) >= 11 is 6.97. The molecule has 0 aliphatic heterocycles. The Hall–Kier alpha value is -1.94. The number of nitrogens with one attached hydrogen (secondary N) is 2. The van der Waals surface area contributed by atoms with E-state index in [1.54, 1.807) is 13.8 Å². The quantitative estimate of drug-likeness (QED) is 0.657. The van der Waals surface area contributed by atoms with Gasteiger partial charge >= 0.3 is 5.97 Å². The third-order valence-electron chi connectivity index (χ3n) is 3.66. The summed E-state index contributed by atoms with van der Waals surface area (Å²) in [5, 5.41) is 3.31. The molecule has 1 heterocycles. The summed E-state index contributed by atoms with van der Waals surface area (Å²) in [6, 6.07) is 5.57. The van der Waals surface area contributed by atoms with E-state index in [1.165, 1.54) is 35.6 Å². The van der Waals surface area contributed by atoms with Crippen LogP contribution in [-0.4, -0.2) is 33.4 Å². The average molecular weight is 431 g/mol. The fourth-order valence-corrected chi connectivity index (χ4v) is 4.37. The molecule has 0 fully saturated rings. The van der Waals surface area contributed by atoms with Crippen LogP contribution in [0, 0.1) is 13.8 Å². The van der Waals surface area contributed by atoms with Crippen molar-refractivity contribution >= 4 is 49.8 Å². The molecule has 7 nitrogen and oxygen atoms in total. The molecule has 146 valence electrons. The molecule has 2 aromatic rings. The van der Waals surface area contributed by atoms with Crippen LogP contribution in [0.2, 0.25) is 5.02 Å². The predicted molar refractivity (Wildman–Crippen MR) is 105 cm³/mol. The molecule has 27 heavy (non-hydrogen) atoms. The molecule has 0 saturated carbocycles. The van der Waals surface area contributed by atoms with Crippen molar-refractivity contribution in [2.75, 3.05) is 18.5 Å². The molecular weight excluding hydrogens is 412 g/mol. The standard InChI is InChI=1S/C17H19ClN2O5S2/c1-4-25-17(22)15-10(2)11(3)26-16(15)20-14(21)9-19-27(23,24)13-7-5-12(18)6-8-13/h5-8,19H,4,9H2,1-3H3,(H,20,21). The van der Waals surface area contributed by atoms with Gasteiger partial charge in [0.05, 0.1) is 23.6 Å². The van der Waals surface area contributed by atoms with Crippen LogP contribution in [0.1, 0.15) is 27.7 Å². The normalized spacial score (nSPS) is 11.3. The second-order valence-corrected chi connectivity index (χ2v) is 8.96. The van der Waals surface area contributed by atoms with Gasteiger partial charge in [0.2, 0.25) is 15.9 Å². The minimum atomic E-state index is -3.86. The van der Waals surface area contributed by atoms with Gasteiger partial charge in [0.15, 0.2) is 0 Å². The third kappa shape index (κ3) is 5.29. The zero-order valence-electron chi connectivity index (χ0n) is 15.0. The van der Waals surface area contributed by atoms with Crippen molar-refractivity contribution < 1.29 is 22.7 Å². The molecule has 10 heteroatoms. The number of benzene rings is 1. The molecule has 0 aliphatic carbocycles. The monoisotopic (exact) mass is 430 g/mol. The molecule has 0 spiro atoms. The van der Waals surface area contributed by atoms with E-state index in [0.717, 1.165) is 10.4 Å². The Kier molecular flexibility index (Phi) is 6.99. The Morgan fingerprint density at radius 1 is 1.19 bits per heavy atom. The molecule has 0 unspecified atom stereocenters. The van der Waals surface area contributed by atoms with E-state index < -0.39 is 28.4 Å². The summed E-state index contributed by atoms with van der Waals surface area (Å²) in [6.07, 6.45) is 0. The van der Waals surface area contributed by atoms with Crippen molar-refractivity contribution in [3.05, 3.63) is 45.3 Å². The summed E-state index contributed by atoms with van der Waals surface area (Å²) in [7, 11) is -3.86. The van der Waals surface area contributed by atoms with Crippen LogP contribution in [0.4, 0.5) is 5.00 Å². The van der Waals surface area contributed by atoms with E-state index in [4.69, 9.17) is 16.3 Å². The Morgan fingerprint density at radius 2 is 1.81 bits per heavy atom. The number of amides is 1. The van der Waals surface area contributed by atoms with Crippen molar-refractivity contribution in [2.45, 2.75) is 25.7 Å². The molecule has 1 aromatic heterocycles. The van der Waals surface area contributed by atoms with Crippen molar-refractivity contribution in [1.29, 1.82) is 0 Å². The van der Waals surface area contributed by atoms with Gasteiger partial charge in [-0.25, -0.2) is 17.9 Å². The van der Waals surface area contributed by atoms with Gasteiger partial charge in [-0.05, 0) is 50.6 Å². The predicted octanol–water partition coefficient (Wildman–Crippen LogP) is 3.11. The number of carbonyl (C=O) groups is 2. The number of rotatable bonds is 7. The second-order valence-electron chi connectivity index (χ2n) is 5.53. The summed E-state index contributed by atoms with van der Waals surface area (Å²) in [5.41, 5.74) is 1.00. The minimum Gasteiger partial charge on any atom is -0.462 e. The maximum Gasteiger partial charge on any atom is 0.341 e. The second kappa shape index (κ2) is 8.83. The molecule has 0 saturated heterocycles. The third-order valence-corrected chi connectivity index (χ3v) is 6.46. The van der Waals surface area contributed by atoms with Crippen molar-refractivity contribution in [3.8, 4) is 0 Å². The summed E-state index contributed by atoms with van der Waals surface area (Å²) in [6.45, 7) is 5.00. The molecule has 0 radical (unpaired) electrons. The van der Waals surface area contributed by atoms with E-state index >= 15 is 0 Å². The number of thiophene rings is 1. The van der Waals surface area contributed by atoms with Gasteiger partial charge in [0.1, 0.15) is 5.00 Å². The van der Waals surface area contributed by atoms with Gasteiger partial charge < -0.3 is 10.1 Å². The molecule has 0 atom stereocenters. The van der Waals surface area contributed by atoms with Gasteiger partial charge in [-0.3, -0.25) is 4.79 Å². The summed E-state index contributed by atoms with van der Waals surface area (Å²) in [4.78, 5) is 25.2. The van der Waals surface area contributed by atoms with Crippen LogP contribution in [0.15, 0.2) is 29.2 Å². The molecule has 0 bridgehead atoms. The van der Waals surface area contributed by atoms with Crippen LogP contribution in [-0.2, 0) is 19.6 Å². The SMILES string of the molecule is CCOC(=O)c1c(NC(=O)CNS(=O)(=O)c2ccc(Cl)cc2)sc(C)c1C. The highest BCUT2D eigenvalue weighted by Crippen LogP contribution is 2.33. The highest BCUT2D eigenvalue weighted by Gasteiger charge is 2.23. The van der Waals surface area contributed by atoms with E-state index in [-0.39, 0.29) is 17.1 Å². The Labute approximate surface area is 166 Å². The molecule has 0 aliphatic rings. The molecule has 1 aromatic carbocycles. The number of hydrogen-bond donors (Lipinski definition) is 2. The smallest absolute Gasteiger partial charge is 0.341 e. The molecule has 2 N–H and O–H groups in total. The van der Waals surface area contributed by atoms with Crippen LogP contribution in [0.25, 0.3) is 0 Å². The number of hydrogen-bond acceptors (Lipinski definition) is 6. The first-order valence-electron chi connectivity index (χ1n) is 7.98. The van der Waals surface area contributed by atoms with Gasteiger partial charge in [0.25, 0.3) is 0 Å². The van der Waals surface area contributed by atoms with Crippen molar-refractivity contribution in [2.24, 2.45) is 0 Å². The van der Waals surface area contributed by atoms with E-state index in [2.05, 4.69) is 10.0 Å². The Balaban J connectivity index is 2.09. The van der Waals surface area contributed by atoms with Gasteiger partial charge in [-0.1, -0.05) is 11.6 Å². The lowest BCUT2D eigenvalue weighted by molar-refractivity contribution is -0.115. The maximum atomic E-state index is 12.2. The first-order valence-corrected chi connectivity index (χ1v) is 10.7. The minimum absolute atomic E-state index is 0.00488. The first-order chi connectivity index (χ1) is 12.7. The van der Waals surface area contributed by atoms with Crippen LogP contribution < -0.4 is 10.0 Å². The lowest BCUT2D eigenvalue weighted by atomic mass is 10.1. The number of anilines is 1. The summed E-state index contributed by atoms with van der Waals surface area (Å²) in [5.74, 6) is -1.13. The van der Waals surface area contributed by atoms with E-state index in [0.29, 0.717) is 10.0 Å². The molecular formula is C17H19ClN2O5S2. The van der Waals surface area contributed by atoms with Gasteiger partial charge in [-0.2, -0.15) is 0 Å². The van der Waals surface area contributed by atoms with Gasteiger partial charge in [-0.15, -0.1) is 11.3 Å². The van der Waals surface area contributed by atoms with Crippen molar-refractivity contribution in [3.63, 3.8) is 0 Å². The molecule has 2 rings (SSSR count). The lowest BCUT2D eigenvalue weighted by Crippen LogP contribution is -2.33. The number of sulfonamides is 1. The maximum absolute atomic E-state index is 12.2. The van der Waals surface area contributed by atoms with Crippen LogP contribution in [0.3, 0.4) is 0 Å². The van der Waals surface area contributed by atoms with Crippen molar-refractivity contribution in [1.82, 2.24) is 4.72 Å². The van der Waals surface area contributed by atoms with Crippen LogP contribution >= 0.6 is 22.9 Å². The lowest BCUT2D eigenvalue weighted by Gasteiger charge is -2.09. The number of carbonyl (C=O) groups excluding carboxylic acids is 2. The largest absolute Gasteiger partial charge is 0.462 e. The number of esters is 1. The van der Waals surface area contributed by atoms with E-state index in [1.807, 2.05) is 6.92 Å². The average Bonchev–Trinajstić information content (AvgIpc) is 2.87. The zero-order valence-corrected chi connectivity index (χ0v) is 17.3. The van der Waals surface area contributed by atoms with E-state index in [9.17, 15) is 18.0 Å². The Morgan fingerprint density at radius 3 is 2.41 bits per heavy atom. The highest BCUT2D eigenvalue weighted by molar-refractivity contribution is 7.89. The number of halogens is 1. The summed E-state index contributed by atoms with van der Waals surface area (Å²) < 4.78 is 31.7. The fraction of sp³-hybridized carbons (Fsp3) is 0.294. The first kappa shape index (κ1) is 21.4. The Bertz CT molecular complexity index is 952. The van der Waals surface area contributed by atoms with Crippen LogP contribution in [0.5, 0.6) is 0 Å². The highest BCUT2D eigenvalue weighted by atomic mass is 35.5. The number of ether oxygens (including phenoxy) is 1.